The maximum atomic E-state index is 12.8. The average molecular weight is 239 g/mol. The van der Waals surface area contributed by atoms with Crippen molar-refractivity contribution in [1.29, 1.82) is 0 Å². The van der Waals surface area contributed by atoms with Crippen LogP contribution < -0.4 is 5.32 Å². The van der Waals surface area contributed by atoms with Gasteiger partial charge in [-0.05, 0) is 36.6 Å². The van der Waals surface area contributed by atoms with Gasteiger partial charge in [-0.25, -0.2) is 4.39 Å². The highest BCUT2D eigenvalue weighted by Gasteiger charge is 2.23. The van der Waals surface area contributed by atoms with E-state index in [1.54, 1.807) is 12.1 Å². The van der Waals surface area contributed by atoms with Crippen LogP contribution >= 0.6 is 0 Å². The predicted molar refractivity (Wildman–Crippen MR) is 68.3 cm³/mol. The monoisotopic (exact) mass is 239 g/mol. The number of rotatable bonds is 6. The van der Waals surface area contributed by atoms with Gasteiger partial charge in [-0.3, -0.25) is 0 Å². The van der Waals surface area contributed by atoms with Gasteiger partial charge < -0.3 is 10.4 Å². The van der Waals surface area contributed by atoms with E-state index >= 15 is 0 Å². The lowest BCUT2D eigenvalue weighted by molar-refractivity contribution is 0.105. The second-order valence-corrected chi connectivity index (χ2v) is 4.72. The average Bonchev–Trinajstić information content (AvgIpc) is 2.29. The van der Waals surface area contributed by atoms with Crippen LogP contribution in [0, 0.1) is 11.7 Å². The predicted octanol–water partition coefficient (Wildman–Crippen LogP) is 2.88. The van der Waals surface area contributed by atoms with E-state index in [-0.39, 0.29) is 11.9 Å². The number of hydrogen-bond donors (Lipinski definition) is 2. The quantitative estimate of drug-likeness (QED) is 0.800. The van der Waals surface area contributed by atoms with Crippen molar-refractivity contribution in [3.63, 3.8) is 0 Å². The summed E-state index contributed by atoms with van der Waals surface area (Å²) in [6.45, 7) is 7.11. The van der Waals surface area contributed by atoms with Crippen LogP contribution in [0.2, 0.25) is 0 Å². The zero-order valence-electron chi connectivity index (χ0n) is 10.8. The number of aliphatic hydroxyl groups is 1. The Morgan fingerprint density at radius 2 is 1.82 bits per heavy atom. The lowest BCUT2D eigenvalue weighted by atomic mass is 9.93. The summed E-state index contributed by atoms with van der Waals surface area (Å²) in [6.07, 6.45) is 0.432. The van der Waals surface area contributed by atoms with E-state index in [2.05, 4.69) is 26.1 Å². The Hall–Kier alpha value is -0.930. The molecule has 2 nitrogen and oxygen atoms in total. The van der Waals surface area contributed by atoms with E-state index in [4.69, 9.17) is 0 Å². The first-order valence-corrected chi connectivity index (χ1v) is 6.23. The van der Waals surface area contributed by atoms with Gasteiger partial charge >= 0.3 is 0 Å². The fourth-order valence-electron chi connectivity index (χ4n) is 1.89. The molecule has 0 aliphatic carbocycles. The van der Waals surface area contributed by atoms with Gasteiger partial charge in [0.1, 0.15) is 5.82 Å². The van der Waals surface area contributed by atoms with E-state index in [1.807, 2.05) is 0 Å². The summed E-state index contributed by atoms with van der Waals surface area (Å²) in [5.74, 6) is 0.0465. The Kier molecular flexibility index (Phi) is 5.59. The molecule has 1 aromatic carbocycles. The van der Waals surface area contributed by atoms with Crippen molar-refractivity contribution in [2.24, 2.45) is 5.92 Å². The zero-order valence-corrected chi connectivity index (χ0v) is 10.8. The first-order chi connectivity index (χ1) is 8.06. The van der Waals surface area contributed by atoms with Gasteiger partial charge in [-0.1, -0.05) is 32.9 Å². The Morgan fingerprint density at radius 1 is 1.24 bits per heavy atom. The fraction of sp³-hybridized carbons (Fsp3) is 0.571. The number of benzene rings is 1. The molecule has 0 aromatic heterocycles. The van der Waals surface area contributed by atoms with Crippen molar-refractivity contribution in [3.8, 4) is 0 Å². The van der Waals surface area contributed by atoms with Crippen molar-refractivity contribution in [2.45, 2.75) is 39.3 Å². The fourth-order valence-corrected chi connectivity index (χ4v) is 1.89. The molecule has 2 unspecified atom stereocenters. The van der Waals surface area contributed by atoms with E-state index in [0.29, 0.717) is 5.92 Å². The van der Waals surface area contributed by atoms with Crippen LogP contribution in [0.3, 0.4) is 0 Å². The molecule has 0 saturated carbocycles. The van der Waals surface area contributed by atoms with E-state index in [0.717, 1.165) is 18.5 Å². The largest absolute Gasteiger partial charge is 0.387 e. The minimum absolute atomic E-state index is 0.000381. The summed E-state index contributed by atoms with van der Waals surface area (Å²) in [4.78, 5) is 0. The van der Waals surface area contributed by atoms with Crippen molar-refractivity contribution in [3.05, 3.63) is 35.6 Å². The van der Waals surface area contributed by atoms with Gasteiger partial charge in [0.05, 0.1) is 6.10 Å². The number of nitrogens with one attached hydrogen (secondary N) is 1. The van der Waals surface area contributed by atoms with Gasteiger partial charge in [0.25, 0.3) is 0 Å². The molecule has 0 saturated heterocycles. The Morgan fingerprint density at radius 3 is 2.29 bits per heavy atom. The third-order valence-corrected chi connectivity index (χ3v) is 2.90. The second-order valence-electron chi connectivity index (χ2n) is 4.72. The maximum absolute atomic E-state index is 12.8. The molecular formula is C14H22FNO. The topological polar surface area (TPSA) is 32.3 Å². The van der Waals surface area contributed by atoms with Gasteiger partial charge in [0, 0.05) is 6.04 Å². The van der Waals surface area contributed by atoms with Gasteiger partial charge in [0.15, 0.2) is 0 Å². The van der Waals surface area contributed by atoms with Gasteiger partial charge in [-0.2, -0.15) is 0 Å². The molecule has 0 spiro atoms. The number of hydrogen-bond acceptors (Lipinski definition) is 2. The minimum atomic E-state index is -0.595. The lowest BCUT2D eigenvalue weighted by Crippen LogP contribution is -2.39. The summed E-state index contributed by atoms with van der Waals surface area (Å²) in [5.41, 5.74) is 0.758. The molecule has 2 atom stereocenters. The summed E-state index contributed by atoms with van der Waals surface area (Å²) < 4.78 is 12.8. The molecule has 1 aromatic rings. The first kappa shape index (κ1) is 14.1. The second kappa shape index (κ2) is 6.72. The van der Waals surface area contributed by atoms with Crippen LogP contribution in [0.25, 0.3) is 0 Å². The molecule has 0 bridgehead atoms. The van der Waals surface area contributed by atoms with Crippen molar-refractivity contribution in [2.75, 3.05) is 6.54 Å². The normalized spacial score (nSPS) is 14.9. The molecule has 1 rings (SSSR count). The van der Waals surface area contributed by atoms with Gasteiger partial charge in [0.2, 0.25) is 0 Å². The molecule has 96 valence electrons. The summed E-state index contributed by atoms with van der Waals surface area (Å²) in [5, 5.41) is 13.6. The van der Waals surface area contributed by atoms with E-state index in [1.165, 1.54) is 12.1 Å². The summed E-state index contributed by atoms with van der Waals surface area (Å²) in [7, 11) is 0. The standard InChI is InChI=1S/C14H22FNO/c1-4-9-16-13(10(2)3)14(17)11-5-7-12(15)8-6-11/h5-8,10,13-14,16-17H,4,9H2,1-3H3. The van der Waals surface area contributed by atoms with Crippen LogP contribution in [0.4, 0.5) is 4.39 Å². The van der Waals surface area contributed by atoms with Crippen molar-refractivity contribution >= 4 is 0 Å². The van der Waals surface area contributed by atoms with Gasteiger partial charge in [-0.15, -0.1) is 0 Å². The molecule has 0 amide bonds. The molecule has 0 fully saturated rings. The minimum Gasteiger partial charge on any atom is -0.387 e. The Bertz CT molecular complexity index is 323. The number of halogens is 1. The van der Waals surface area contributed by atoms with Crippen LogP contribution in [-0.4, -0.2) is 17.7 Å². The Balaban J connectivity index is 2.76. The highest BCUT2D eigenvalue weighted by molar-refractivity contribution is 5.20. The summed E-state index contributed by atoms with van der Waals surface area (Å²) in [6, 6.07) is 6.05. The lowest BCUT2D eigenvalue weighted by Gasteiger charge is -2.27. The molecule has 2 N–H and O–H groups in total. The first-order valence-electron chi connectivity index (χ1n) is 6.23. The SMILES string of the molecule is CCCNC(C(C)C)C(O)c1ccc(F)cc1. The molecule has 0 heterocycles. The molecule has 0 radical (unpaired) electrons. The molecule has 0 aliphatic heterocycles. The number of aliphatic hydroxyl groups excluding tert-OH is 1. The maximum Gasteiger partial charge on any atom is 0.123 e. The van der Waals surface area contributed by atoms with Crippen LogP contribution in [0.5, 0.6) is 0 Å². The molecule has 0 aliphatic rings. The van der Waals surface area contributed by atoms with E-state index < -0.39 is 6.10 Å². The zero-order chi connectivity index (χ0) is 12.8. The molecular weight excluding hydrogens is 217 g/mol. The van der Waals surface area contributed by atoms with Crippen LogP contribution in [-0.2, 0) is 0 Å². The van der Waals surface area contributed by atoms with Crippen molar-refractivity contribution in [1.82, 2.24) is 5.32 Å². The van der Waals surface area contributed by atoms with Crippen molar-refractivity contribution < 1.29 is 9.50 Å². The van der Waals surface area contributed by atoms with Crippen LogP contribution in [0.1, 0.15) is 38.9 Å². The highest BCUT2D eigenvalue weighted by Crippen LogP contribution is 2.22. The molecule has 3 heteroatoms. The van der Waals surface area contributed by atoms with Crippen LogP contribution in [0.15, 0.2) is 24.3 Å². The summed E-state index contributed by atoms with van der Waals surface area (Å²) >= 11 is 0. The third kappa shape index (κ3) is 4.10. The van der Waals surface area contributed by atoms with E-state index in [9.17, 15) is 9.50 Å². The third-order valence-electron chi connectivity index (χ3n) is 2.90. The highest BCUT2D eigenvalue weighted by atomic mass is 19.1. The smallest absolute Gasteiger partial charge is 0.123 e. The molecule has 17 heavy (non-hydrogen) atoms. The Labute approximate surface area is 103 Å².